The molecular weight excluding hydrogens is 570 g/mol. The Balaban J connectivity index is 0. The van der Waals surface area contributed by atoms with Gasteiger partial charge in [0.15, 0.2) is 0 Å². The van der Waals surface area contributed by atoms with Gasteiger partial charge in [-0.1, -0.05) is 92.6 Å². The van der Waals surface area contributed by atoms with Crippen molar-refractivity contribution in [2.24, 2.45) is 16.7 Å². The van der Waals surface area contributed by atoms with E-state index in [9.17, 15) is 24.6 Å². The third-order valence-corrected chi connectivity index (χ3v) is 8.82. The molecule has 0 heterocycles. The van der Waals surface area contributed by atoms with Gasteiger partial charge >= 0.3 is 11.9 Å². The first kappa shape index (κ1) is 45.2. The molecule has 0 amide bonds. The smallest absolute Gasteiger partial charge is 0.333 e. The lowest BCUT2D eigenvalue weighted by atomic mass is 9.85. The molecule has 8 heteroatoms. The van der Waals surface area contributed by atoms with Gasteiger partial charge < -0.3 is 29.4 Å². The Kier molecular flexibility index (Phi) is 25.3. The first-order chi connectivity index (χ1) is 20.9. The maximum absolute atomic E-state index is 12.1. The number of nitrogens with one attached hydrogen (secondary N) is 1. The van der Waals surface area contributed by atoms with Gasteiger partial charge in [0.2, 0.25) is 0 Å². The molecule has 3 unspecified atom stereocenters. The fourth-order valence-corrected chi connectivity index (χ4v) is 4.36. The molecule has 1 rings (SSSR count). The Hall–Kier alpha value is -1.93. The van der Waals surface area contributed by atoms with Crippen LogP contribution in [-0.2, 0) is 23.9 Å². The molecule has 8 nitrogen and oxygen atoms in total. The highest BCUT2D eigenvalue weighted by Gasteiger charge is 2.36. The van der Waals surface area contributed by atoms with E-state index in [4.69, 9.17) is 9.47 Å². The number of aliphatic hydroxyl groups is 1. The third-order valence-electron chi connectivity index (χ3n) is 8.82. The molecule has 266 valence electrons. The quantitative estimate of drug-likeness (QED) is 0.103. The average molecular weight is 642 g/mol. The van der Waals surface area contributed by atoms with Crippen LogP contribution in [0.5, 0.6) is 0 Å². The lowest BCUT2D eigenvalue weighted by molar-refractivity contribution is -0.858. The molecule has 45 heavy (non-hydrogen) atoms. The van der Waals surface area contributed by atoms with Crippen molar-refractivity contribution in [1.82, 2.24) is 0 Å². The SMILES string of the molecule is C=C(C)C(=O)OCC1CCC(OC(=O)C(C)(C)CC)C(O)C1.CCC(C)(C)C(=O)[O-].CCCCCCCCCCCC[NH+](C)C. The van der Waals surface area contributed by atoms with Gasteiger partial charge in [0.05, 0.1) is 38.8 Å². The molecule has 0 radical (unpaired) electrons. The summed E-state index contributed by atoms with van der Waals surface area (Å²) in [5.74, 6) is -1.56. The number of hydrogen-bond donors (Lipinski definition) is 2. The molecule has 0 saturated heterocycles. The Morgan fingerprint density at radius 1 is 0.844 bits per heavy atom. The normalized spacial score (nSPS) is 18.2. The maximum atomic E-state index is 12.1. The molecule has 0 aliphatic heterocycles. The van der Waals surface area contributed by atoms with Crippen molar-refractivity contribution in [1.29, 1.82) is 0 Å². The van der Waals surface area contributed by atoms with E-state index in [0.29, 0.717) is 31.3 Å². The second kappa shape index (κ2) is 25.2. The second-order valence-electron chi connectivity index (χ2n) is 14.5. The number of unbranched alkanes of at least 4 members (excludes halogenated alkanes) is 9. The monoisotopic (exact) mass is 642 g/mol. The molecule has 1 aliphatic carbocycles. The fourth-order valence-electron chi connectivity index (χ4n) is 4.36. The van der Waals surface area contributed by atoms with Crippen LogP contribution in [0.2, 0.25) is 0 Å². The molecule has 1 fully saturated rings. The van der Waals surface area contributed by atoms with Gasteiger partial charge in [0.1, 0.15) is 6.10 Å². The van der Waals surface area contributed by atoms with Crippen LogP contribution < -0.4 is 10.0 Å². The highest BCUT2D eigenvalue weighted by atomic mass is 16.6. The number of carbonyl (C=O) groups is 3. The standard InChI is InChI=1S/C17H28O5.C14H31N.C6H12O2/c1-6-17(4,5)16(20)22-14-8-7-12(9-13(14)18)10-21-15(19)11(2)3;1-4-5-6-7-8-9-10-11-12-13-14-15(2)3;1-4-6(2,3)5(7)8/h12-14,18H,2,6-10H2,1,3-5H3;4-14H2,1-3H3;4H2,1-3H3,(H,7,8). The summed E-state index contributed by atoms with van der Waals surface area (Å²) >= 11 is 0. The lowest BCUT2D eigenvalue weighted by Crippen LogP contribution is -3.05. The minimum absolute atomic E-state index is 0.0902. The fraction of sp³-hybridized carbons (Fsp3) is 0.865. The highest BCUT2D eigenvalue weighted by molar-refractivity contribution is 5.86. The van der Waals surface area contributed by atoms with Crippen LogP contribution in [0, 0.1) is 16.7 Å². The first-order valence-electron chi connectivity index (χ1n) is 17.7. The second-order valence-corrected chi connectivity index (χ2v) is 14.5. The minimum atomic E-state index is -0.972. The van der Waals surface area contributed by atoms with Crippen LogP contribution in [0.15, 0.2) is 12.2 Å². The van der Waals surface area contributed by atoms with Crippen LogP contribution in [0.3, 0.4) is 0 Å². The number of esters is 2. The van der Waals surface area contributed by atoms with E-state index in [2.05, 4.69) is 27.6 Å². The van der Waals surface area contributed by atoms with Crippen LogP contribution >= 0.6 is 0 Å². The van der Waals surface area contributed by atoms with Gasteiger partial charge in [-0.05, 0) is 71.6 Å². The van der Waals surface area contributed by atoms with Crippen molar-refractivity contribution in [3.63, 3.8) is 0 Å². The molecule has 3 atom stereocenters. The van der Waals surface area contributed by atoms with Crippen molar-refractivity contribution in [2.45, 2.75) is 164 Å². The van der Waals surface area contributed by atoms with Crippen LogP contribution in [0.25, 0.3) is 0 Å². The summed E-state index contributed by atoms with van der Waals surface area (Å²) in [6.07, 6.45) is 16.4. The molecule has 1 aliphatic rings. The van der Waals surface area contributed by atoms with Gasteiger partial charge in [0, 0.05) is 17.0 Å². The predicted octanol–water partition coefficient (Wildman–Crippen LogP) is 5.84. The Labute approximate surface area is 276 Å². The van der Waals surface area contributed by atoms with E-state index in [1.807, 2.05) is 27.7 Å². The van der Waals surface area contributed by atoms with Crippen LogP contribution in [-0.4, -0.2) is 62.5 Å². The van der Waals surface area contributed by atoms with Crippen LogP contribution in [0.1, 0.15) is 152 Å². The zero-order valence-corrected chi connectivity index (χ0v) is 30.9. The number of quaternary nitrogens is 1. The lowest BCUT2D eigenvalue weighted by Gasteiger charge is -2.34. The number of carbonyl (C=O) groups excluding carboxylic acids is 3. The molecular formula is C37H71NO7. The van der Waals surface area contributed by atoms with Crippen molar-refractivity contribution in [2.75, 3.05) is 27.2 Å². The number of carboxylic acid groups (broad SMARTS) is 1. The molecule has 0 aromatic carbocycles. The summed E-state index contributed by atoms with van der Waals surface area (Å²) in [7, 11) is 4.49. The van der Waals surface area contributed by atoms with E-state index in [-0.39, 0.29) is 18.5 Å². The number of aliphatic carboxylic acids is 1. The minimum Gasteiger partial charge on any atom is -0.550 e. The summed E-state index contributed by atoms with van der Waals surface area (Å²) in [6, 6.07) is 0. The van der Waals surface area contributed by atoms with E-state index in [1.165, 1.54) is 70.8 Å². The number of rotatable bonds is 19. The van der Waals surface area contributed by atoms with Gasteiger partial charge in [-0.2, -0.15) is 0 Å². The van der Waals surface area contributed by atoms with Crippen molar-refractivity contribution in [3.8, 4) is 0 Å². The zero-order valence-electron chi connectivity index (χ0n) is 30.9. The van der Waals surface area contributed by atoms with E-state index in [0.717, 1.165) is 6.42 Å². The number of ether oxygens (including phenoxy) is 2. The predicted molar refractivity (Wildman–Crippen MR) is 182 cm³/mol. The van der Waals surface area contributed by atoms with Crippen molar-refractivity contribution < 1.29 is 39.0 Å². The Morgan fingerprint density at radius 3 is 1.71 bits per heavy atom. The number of hydrogen-bond acceptors (Lipinski definition) is 7. The summed E-state index contributed by atoms with van der Waals surface area (Å²) in [4.78, 5) is 35.2. The Morgan fingerprint density at radius 2 is 1.33 bits per heavy atom. The van der Waals surface area contributed by atoms with E-state index < -0.39 is 35.0 Å². The molecule has 0 spiro atoms. The number of aliphatic hydroxyl groups excluding tert-OH is 1. The average Bonchev–Trinajstić information content (AvgIpc) is 2.98. The highest BCUT2D eigenvalue weighted by Crippen LogP contribution is 2.30. The topological polar surface area (TPSA) is 117 Å². The summed E-state index contributed by atoms with van der Waals surface area (Å²) in [6.45, 7) is 19.8. The molecule has 0 aromatic heterocycles. The van der Waals surface area contributed by atoms with E-state index in [1.54, 1.807) is 25.7 Å². The van der Waals surface area contributed by atoms with Crippen LogP contribution in [0.4, 0.5) is 0 Å². The number of carboxylic acids is 1. The zero-order chi connectivity index (χ0) is 35.1. The summed E-state index contributed by atoms with van der Waals surface area (Å²) in [5, 5.41) is 20.3. The van der Waals surface area contributed by atoms with Crippen molar-refractivity contribution in [3.05, 3.63) is 12.2 Å². The van der Waals surface area contributed by atoms with Gasteiger partial charge in [-0.3, -0.25) is 4.79 Å². The Bertz CT molecular complexity index is 822. The molecule has 0 aromatic rings. The summed E-state index contributed by atoms with van der Waals surface area (Å²) in [5.41, 5.74) is -0.821. The summed E-state index contributed by atoms with van der Waals surface area (Å²) < 4.78 is 10.6. The molecule has 2 N–H and O–H groups in total. The molecule has 0 bridgehead atoms. The largest absolute Gasteiger partial charge is 0.550 e. The molecule has 1 saturated carbocycles. The van der Waals surface area contributed by atoms with Gasteiger partial charge in [-0.15, -0.1) is 0 Å². The van der Waals surface area contributed by atoms with Gasteiger partial charge in [-0.25, -0.2) is 4.79 Å². The first-order valence-corrected chi connectivity index (χ1v) is 17.7. The maximum Gasteiger partial charge on any atom is 0.333 e. The van der Waals surface area contributed by atoms with Gasteiger partial charge in [0.25, 0.3) is 0 Å². The van der Waals surface area contributed by atoms with Crippen molar-refractivity contribution >= 4 is 17.9 Å². The third kappa shape index (κ3) is 23.1. The van der Waals surface area contributed by atoms with E-state index >= 15 is 0 Å².